The highest BCUT2D eigenvalue weighted by Crippen LogP contribution is 2.27. The van der Waals surface area contributed by atoms with Crippen molar-refractivity contribution < 1.29 is 8.78 Å². The van der Waals surface area contributed by atoms with Crippen LogP contribution in [0.3, 0.4) is 0 Å². The molecule has 3 rings (SSSR count). The average molecular weight is 284 g/mol. The lowest BCUT2D eigenvalue weighted by Gasteiger charge is -2.18. The van der Waals surface area contributed by atoms with Crippen molar-refractivity contribution in [3.05, 3.63) is 77.5 Å². The van der Waals surface area contributed by atoms with Crippen LogP contribution in [-0.2, 0) is 0 Å². The molecule has 0 fully saturated rings. The van der Waals surface area contributed by atoms with Crippen LogP contribution in [0, 0.1) is 11.6 Å². The SMILES string of the molecule is CNC(c1ccc2cccnc2c1)c1cc(F)ccc1F. The molecule has 0 aliphatic carbocycles. The molecule has 1 N–H and O–H groups in total. The molecule has 0 radical (unpaired) electrons. The molecule has 1 aromatic heterocycles. The first-order chi connectivity index (χ1) is 10.2. The molecular weight excluding hydrogens is 270 g/mol. The molecule has 0 amide bonds. The van der Waals surface area contributed by atoms with E-state index in [1.54, 1.807) is 13.2 Å². The first-order valence-electron chi connectivity index (χ1n) is 6.66. The van der Waals surface area contributed by atoms with Gasteiger partial charge in [0.15, 0.2) is 0 Å². The number of aromatic nitrogens is 1. The Morgan fingerprint density at radius 2 is 1.90 bits per heavy atom. The van der Waals surface area contributed by atoms with E-state index in [1.165, 1.54) is 6.07 Å². The number of hydrogen-bond donors (Lipinski definition) is 1. The van der Waals surface area contributed by atoms with E-state index in [0.29, 0.717) is 0 Å². The molecule has 0 saturated carbocycles. The number of fused-ring (bicyclic) bond motifs is 1. The fourth-order valence-corrected chi connectivity index (χ4v) is 2.50. The highest BCUT2D eigenvalue weighted by Gasteiger charge is 2.17. The van der Waals surface area contributed by atoms with E-state index in [-0.39, 0.29) is 5.56 Å². The zero-order valence-corrected chi connectivity index (χ0v) is 11.5. The van der Waals surface area contributed by atoms with Crippen LogP contribution in [0.4, 0.5) is 8.78 Å². The van der Waals surface area contributed by atoms with Gasteiger partial charge in [-0.2, -0.15) is 0 Å². The molecule has 106 valence electrons. The molecule has 1 unspecified atom stereocenters. The highest BCUT2D eigenvalue weighted by molar-refractivity contribution is 5.79. The smallest absolute Gasteiger partial charge is 0.128 e. The van der Waals surface area contributed by atoms with Crippen molar-refractivity contribution in [3.63, 3.8) is 0 Å². The molecule has 2 nitrogen and oxygen atoms in total. The van der Waals surface area contributed by atoms with Crippen LogP contribution in [0.5, 0.6) is 0 Å². The number of hydrogen-bond acceptors (Lipinski definition) is 2. The molecular formula is C17H14F2N2. The minimum Gasteiger partial charge on any atom is -0.309 e. The minimum absolute atomic E-state index is 0.285. The Labute approximate surface area is 121 Å². The monoisotopic (exact) mass is 284 g/mol. The van der Waals surface area contributed by atoms with Crippen LogP contribution in [0.15, 0.2) is 54.7 Å². The van der Waals surface area contributed by atoms with Crippen molar-refractivity contribution in [3.8, 4) is 0 Å². The third-order valence-electron chi connectivity index (χ3n) is 3.52. The van der Waals surface area contributed by atoms with Gasteiger partial charge in [-0.15, -0.1) is 0 Å². The molecule has 2 aromatic carbocycles. The van der Waals surface area contributed by atoms with E-state index >= 15 is 0 Å². The van der Waals surface area contributed by atoms with Crippen LogP contribution in [0.25, 0.3) is 10.9 Å². The first kappa shape index (κ1) is 13.6. The largest absolute Gasteiger partial charge is 0.309 e. The minimum atomic E-state index is -0.453. The van der Waals surface area contributed by atoms with Gasteiger partial charge < -0.3 is 5.32 Å². The maximum absolute atomic E-state index is 14.0. The van der Waals surface area contributed by atoms with Crippen molar-refractivity contribution >= 4 is 10.9 Å². The fraction of sp³-hybridized carbons (Fsp3) is 0.118. The van der Waals surface area contributed by atoms with Gasteiger partial charge in [0, 0.05) is 17.1 Å². The average Bonchev–Trinajstić information content (AvgIpc) is 2.51. The molecule has 4 heteroatoms. The number of nitrogens with one attached hydrogen (secondary N) is 1. The van der Waals surface area contributed by atoms with Gasteiger partial charge in [-0.25, -0.2) is 8.78 Å². The van der Waals surface area contributed by atoms with Crippen LogP contribution in [-0.4, -0.2) is 12.0 Å². The van der Waals surface area contributed by atoms with Crippen LogP contribution in [0.2, 0.25) is 0 Å². The van der Waals surface area contributed by atoms with Gasteiger partial charge in [-0.1, -0.05) is 18.2 Å². The van der Waals surface area contributed by atoms with E-state index in [4.69, 9.17) is 0 Å². The lowest BCUT2D eigenvalue weighted by molar-refractivity contribution is 0.558. The standard InChI is InChI=1S/C17H14F2N2/c1-20-17(14-10-13(18)6-7-15(14)19)12-5-4-11-3-2-8-21-16(11)9-12/h2-10,17,20H,1H3. The van der Waals surface area contributed by atoms with E-state index < -0.39 is 17.7 Å². The third-order valence-corrected chi connectivity index (χ3v) is 3.52. The Morgan fingerprint density at radius 3 is 2.71 bits per heavy atom. The summed E-state index contributed by atoms with van der Waals surface area (Å²) in [7, 11) is 1.72. The zero-order chi connectivity index (χ0) is 14.8. The Hall–Kier alpha value is -2.33. The lowest BCUT2D eigenvalue weighted by Crippen LogP contribution is -2.19. The maximum atomic E-state index is 14.0. The number of nitrogens with zero attached hydrogens (tertiary/aromatic N) is 1. The molecule has 1 atom stereocenters. The zero-order valence-electron chi connectivity index (χ0n) is 11.5. The molecule has 1 heterocycles. The summed E-state index contributed by atoms with van der Waals surface area (Å²) >= 11 is 0. The quantitative estimate of drug-likeness (QED) is 0.791. The van der Waals surface area contributed by atoms with Gasteiger partial charge in [0.2, 0.25) is 0 Å². The van der Waals surface area contributed by atoms with Crippen molar-refractivity contribution in [2.24, 2.45) is 0 Å². The number of halogens is 2. The van der Waals surface area contributed by atoms with Crippen LogP contribution in [0.1, 0.15) is 17.2 Å². The van der Waals surface area contributed by atoms with E-state index in [9.17, 15) is 8.78 Å². The molecule has 21 heavy (non-hydrogen) atoms. The fourth-order valence-electron chi connectivity index (χ4n) is 2.50. The summed E-state index contributed by atoms with van der Waals surface area (Å²) in [6, 6.07) is 12.6. The molecule has 0 aliphatic heterocycles. The molecule has 0 saturated heterocycles. The highest BCUT2D eigenvalue weighted by atomic mass is 19.1. The molecule has 0 spiro atoms. The lowest BCUT2D eigenvalue weighted by atomic mass is 9.97. The summed E-state index contributed by atoms with van der Waals surface area (Å²) in [6.07, 6.45) is 1.71. The van der Waals surface area contributed by atoms with Crippen molar-refractivity contribution in [2.75, 3.05) is 7.05 Å². The van der Waals surface area contributed by atoms with Gasteiger partial charge in [0.25, 0.3) is 0 Å². The van der Waals surface area contributed by atoms with Gasteiger partial charge >= 0.3 is 0 Å². The van der Waals surface area contributed by atoms with Crippen molar-refractivity contribution in [1.82, 2.24) is 10.3 Å². The van der Waals surface area contributed by atoms with E-state index in [2.05, 4.69) is 10.3 Å². The van der Waals surface area contributed by atoms with Gasteiger partial charge in [-0.3, -0.25) is 4.98 Å². The summed E-state index contributed by atoms with van der Waals surface area (Å²) in [5.41, 5.74) is 1.95. The van der Waals surface area contributed by atoms with Crippen molar-refractivity contribution in [2.45, 2.75) is 6.04 Å². The second-order valence-corrected chi connectivity index (χ2v) is 4.84. The Morgan fingerprint density at radius 1 is 1.05 bits per heavy atom. The normalized spacial score (nSPS) is 12.5. The molecule has 0 bridgehead atoms. The van der Waals surface area contributed by atoms with Crippen LogP contribution < -0.4 is 5.32 Å². The molecule has 3 aromatic rings. The first-order valence-corrected chi connectivity index (χ1v) is 6.66. The maximum Gasteiger partial charge on any atom is 0.128 e. The number of pyridine rings is 1. The second kappa shape index (κ2) is 5.58. The van der Waals surface area contributed by atoms with Crippen LogP contribution >= 0.6 is 0 Å². The Bertz CT molecular complexity index is 787. The summed E-state index contributed by atoms with van der Waals surface area (Å²) in [6.45, 7) is 0. The van der Waals surface area contributed by atoms with Gasteiger partial charge in [0.05, 0.1) is 11.6 Å². The van der Waals surface area contributed by atoms with E-state index in [1.807, 2.05) is 30.3 Å². The van der Waals surface area contributed by atoms with E-state index in [0.717, 1.165) is 28.6 Å². The summed E-state index contributed by atoms with van der Waals surface area (Å²) in [5.74, 6) is -0.887. The molecule has 0 aliphatic rings. The summed E-state index contributed by atoms with van der Waals surface area (Å²) < 4.78 is 27.4. The predicted octanol–water partition coefficient (Wildman–Crippen LogP) is 3.82. The summed E-state index contributed by atoms with van der Waals surface area (Å²) in [4.78, 5) is 4.30. The Kier molecular flexibility index (Phi) is 3.62. The predicted molar refractivity (Wildman–Crippen MR) is 79.0 cm³/mol. The topological polar surface area (TPSA) is 24.9 Å². The van der Waals surface area contributed by atoms with Crippen molar-refractivity contribution in [1.29, 1.82) is 0 Å². The third kappa shape index (κ3) is 2.62. The summed E-state index contributed by atoms with van der Waals surface area (Å²) in [5, 5.41) is 4.04. The number of benzene rings is 2. The second-order valence-electron chi connectivity index (χ2n) is 4.84. The van der Waals surface area contributed by atoms with Gasteiger partial charge in [-0.05, 0) is 42.9 Å². The Balaban J connectivity index is 2.11. The van der Waals surface area contributed by atoms with Gasteiger partial charge in [0.1, 0.15) is 11.6 Å². The number of rotatable bonds is 3.